The summed E-state index contributed by atoms with van der Waals surface area (Å²) < 4.78 is 5.17. The molecule has 2 unspecified atom stereocenters. The molecular formula is C16H33N3O2. The predicted molar refractivity (Wildman–Crippen MR) is 86.5 cm³/mol. The Morgan fingerprint density at radius 2 is 1.90 bits per heavy atom. The van der Waals surface area contributed by atoms with Gasteiger partial charge < -0.3 is 15.0 Å². The normalized spacial score (nSPS) is 21.8. The van der Waals surface area contributed by atoms with Crippen LogP contribution >= 0.6 is 0 Å². The molecule has 0 aromatic carbocycles. The van der Waals surface area contributed by atoms with Crippen molar-refractivity contribution in [2.75, 3.05) is 46.4 Å². The molecule has 21 heavy (non-hydrogen) atoms. The molecule has 1 N–H and O–H groups in total. The Balaban J connectivity index is 2.40. The molecule has 0 aromatic rings. The standard InChI is InChI=1S/C16H33N3O2/c1-6-14(3)19-12-10-18(11-13-19)9-8-16(4,17-5)15(20)21-7-2/h14,17H,6-13H2,1-5H3. The monoisotopic (exact) mass is 299 g/mol. The van der Waals surface area contributed by atoms with Gasteiger partial charge in [-0.25, -0.2) is 0 Å². The molecule has 1 saturated heterocycles. The van der Waals surface area contributed by atoms with Crippen molar-refractivity contribution in [2.24, 2.45) is 0 Å². The van der Waals surface area contributed by atoms with Gasteiger partial charge in [0.05, 0.1) is 6.61 Å². The summed E-state index contributed by atoms with van der Waals surface area (Å²) in [6, 6.07) is 0.675. The lowest BCUT2D eigenvalue weighted by molar-refractivity contribution is -0.150. The predicted octanol–water partition coefficient (Wildman–Crippen LogP) is 1.33. The summed E-state index contributed by atoms with van der Waals surface area (Å²) in [7, 11) is 1.83. The summed E-state index contributed by atoms with van der Waals surface area (Å²) in [5, 5.41) is 3.13. The minimum absolute atomic E-state index is 0.147. The zero-order valence-corrected chi connectivity index (χ0v) is 14.4. The maximum Gasteiger partial charge on any atom is 0.326 e. The molecule has 0 aromatic heterocycles. The van der Waals surface area contributed by atoms with Crippen LogP contribution in [0.4, 0.5) is 0 Å². The quantitative estimate of drug-likeness (QED) is 0.685. The molecule has 124 valence electrons. The number of likely N-dealkylation sites (N-methyl/N-ethyl adjacent to an activating group) is 1. The number of esters is 1. The highest BCUT2D eigenvalue weighted by Gasteiger charge is 2.33. The van der Waals surface area contributed by atoms with Crippen LogP contribution in [0.25, 0.3) is 0 Å². The summed E-state index contributed by atoms with van der Waals surface area (Å²) in [6.07, 6.45) is 1.99. The van der Waals surface area contributed by atoms with E-state index in [2.05, 4.69) is 29.0 Å². The molecule has 0 saturated carbocycles. The van der Waals surface area contributed by atoms with E-state index in [9.17, 15) is 4.79 Å². The number of nitrogens with zero attached hydrogens (tertiary/aromatic N) is 2. The first kappa shape index (κ1) is 18.4. The van der Waals surface area contributed by atoms with Crippen LogP contribution in [0.3, 0.4) is 0 Å². The SMILES string of the molecule is CCOC(=O)C(C)(CCN1CCN(C(C)CC)CC1)NC. The molecule has 0 aliphatic carbocycles. The third-order valence-electron chi connectivity index (χ3n) is 4.83. The Morgan fingerprint density at radius 3 is 2.38 bits per heavy atom. The first-order chi connectivity index (χ1) is 9.96. The molecule has 1 heterocycles. The molecule has 0 radical (unpaired) electrons. The minimum atomic E-state index is -0.580. The van der Waals surface area contributed by atoms with E-state index < -0.39 is 5.54 Å². The number of nitrogens with one attached hydrogen (secondary N) is 1. The van der Waals surface area contributed by atoms with Crippen LogP contribution in [-0.4, -0.2) is 73.7 Å². The molecule has 1 aliphatic heterocycles. The molecular weight excluding hydrogens is 266 g/mol. The Morgan fingerprint density at radius 1 is 1.29 bits per heavy atom. The number of rotatable bonds is 8. The Labute approximate surface area is 130 Å². The molecule has 0 spiro atoms. The van der Waals surface area contributed by atoms with E-state index in [1.54, 1.807) is 0 Å². The smallest absolute Gasteiger partial charge is 0.326 e. The Hall–Kier alpha value is -0.650. The van der Waals surface area contributed by atoms with Gasteiger partial charge in [0.2, 0.25) is 0 Å². The highest BCUT2D eigenvalue weighted by atomic mass is 16.5. The third kappa shape index (κ3) is 5.24. The molecule has 1 rings (SSSR count). The zero-order valence-electron chi connectivity index (χ0n) is 14.4. The molecule has 0 bridgehead atoms. The Kier molecular flexibility index (Phi) is 7.63. The van der Waals surface area contributed by atoms with Crippen molar-refractivity contribution in [3.05, 3.63) is 0 Å². The summed E-state index contributed by atoms with van der Waals surface area (Å²) >= 11 is 0. The van der Waals surface area contributed by atoms with Gasteiger partial charge in [0.1, 0.15) is 5.54 Å². The largest absolute Gasteiger partial charge is 0.465 e. The lowest BCUT2D eigenvalue weighted by Crippen LogP contribution is -2.53. The first-order valence-corrected chi connectivity index (χ1v) is 8.29. The van der Waals surface area contributed by atoms with Gasteiger partial charge in [-0.05, 0) is 40.7 Å². The summed E-state index contributed by atoms with van der Waals surface area (Å²) in [4.78, 5) is 17.0. The van der Waals surface area contributed by atoms with Crippen molar-refractivity contribution in [3.8, 4) is 0 Å². The van der Waals surface area contributed by atoms with E-state index >= 15 is 0 Å². The van der Waals surface area contributed by atoms with Crippen molar-refractivity contribution in [1.29, 1.82) is 0 Å². The summed E-state index contributed by atoms with van der Waals surface area (Å²) in [5.41, 5.74) is -0.580. The second kappa shape index (κ2) is 8.71. The van der Waals surface area contributed by atoms with Gasteiger partial charge in [-0.2, -0.15) is 0 Å². The van der Waals surface area contributed by atoms with E-state index in [1.165, 1.54) is 6.42 Å². The summed E-state index contributed by atoms with van der Waals surface area (Å²) in [6.45, 7) is 14.1. The molecule has 5 nitrogen and oxygen atoms in total. The number of hydrogen-bond acceptors (Lipinski definition) is 5. The van der Waals surface area contributed by atoms with Crippen LogP contribution in [0.1, 0.15) is 40.5 Å². The maximum absolute atomic E-state index is 12.0. The van der Waals surface area contributed by atoms with Crippen LogP contribution in [0.2, 0.25) is 0 Å². The number of carbonyl (C=O) groups excluding carboxylic acids is 1. The average molecular weight is 299 g/mol. The van der Waals surface area contributed by atoms with Crippen LogP contribution in [0.15, 0.2) is 0 Å². The number of piperazine rings is 1. The van der Waals surface area contributed by atoms with E-state index in [4.69, 9.17) is 4.74 Å². The van der Waals surface area contributed by atoms with Crippen molar-refractivity contribution in [3.63, 3.8) is 0 Å². The molecule has 2 atom stereocenters. The van der Waals surface area contributed by atoms with Crippen molar-refractivity contribution in [2.45, 2.75) is 52.1 Å². The van der Waals surface area contributed by atoms with Crippen molar-refractivity contribution in [1.82, 2.24) is 15.1 Å². The first-order valence-electron chi connectivity index (χ1n) is 8.29. The lowest BCUT2D eigenvalue weighted by Gasteiger charge is -2.39. The number of ether oxygens (including phenoxy) is 1. The molecule has 0 amide bonds. The fourth-order valence-electron chi connectivity index (χ4n) is 2.69. The second-order valence-electron chi connectivity index (χ2n) is 6.19. The molecule has 5 heteroatoms. The van der Waals surface area contributed by atoms with Gasteiger partial charge in [-0.1, -0.05) is 6.92 Å². The van der Waals surface area contributed by atoms with Gasteiger partial charge in [-0.15, -0.1) is 0 Å². The van der Waals surface area contributed by atoms with Crippen LogP contribution in [0.5, 0.6) is 0 Å². The van der Waals surface area contributed by atoms with Gasteiger partial charge in [0.25, 0.3) is 0 Å². The highest BCUT2D eigenvalue weighted by Crippen LogP contribution is 2.15. The highest BCUT2D eigenvalue weighted by molar-refractivity contribution is 5.80. The fraction of sp³-hybridized carbons (Fsp3) is 0.938. The lowest BCUT2D eigenvalue weighted by atomic mass is 9.97. The number of carbonyl (C=O) groups is 1. The van der Waals surface area contributed by atoms with Gasteiger partial charge in [0.15, 0.2) is 0 Å². The number of hydrogen-bond donors (Lipinski definition) is 1. The molecule has 1 aliphatic rings. The Bertz CT molecular complexity index is 317. The van der Waals surface area contributed by atoms with E-state index in [1.807, 2.05) is 20.9 Å². The van der Waals surface area contributed by atoms with E-state index in [-0.39, 0.29) is 5.97 Å². The van der Waals surface area contributed by atoms with Crippen molar-refractivity contribution < 1.29 is 9.53 Å². The second-order valence-corrected chi connectivity index (χ2v) is 6.19. The van der Waals surface area contributed by atoms with Gasteiger partial charge in [-0.3, -0.25) is 9.69 Å². The topological polar surface area (TPSA) is 44.8 Å². The third-order valence-corrected chi connectivity index (χ3v) is 4.83. The van der Waals surface area contributed by atoms with Crippen LogP contribution in [0, 0.1) is 0 Å². The van der Waals surface area contributed by atoms with Gasteiger partial charge in [0, 0.05) is 38.8 Å². The zero-order chi connectivity index (χ0) is 15.9. The fourth-order valence-corrected chi connectivity index (χ4v) is 2.69. The van der Waals surface area contributed by atoms with E-state index in [0.29, 0.717) is 12.6 Å². The van der Waals surface area contributed by atoms with Crippen molar-refractivity contribution >= 4 is 5.97 Å². The minimum Gasteiger partial charge on any atom is -0.465 e. The van der Waals surface area contributed by atoms with Crippen LogP contribution < -0.4 is 5.32 Å². The van der Waals surface area contributed by atoms with Gasteiger partial charge >= 0.3 is 5.97 Å². The maximum atomic E-state index is 12.0. The van der Waals surface area contributed by atoms with Crippen LogP contribution in [-0.2, 0) is 9.53 Å². The average Bonchev–Trinajstić information content (AvgIpc) is 2.52. The summed E-state index contributed by atoms with van der Waals surface area (Å²) in [5.74, 6) is -0.147. The molecule has 1 fully saturated rings. The van der Waals surface area contributed by atoms with E-state index in [0.717, 1.165) is 39.1 Å².